The molecule has 3 amide bonds. The van der Waals surface area contributed by atoms with Crippen LogP contribution in [0.5, 0.6) is 0 Å². The highest BCUT2D eigenvalue weighted by atomic mass is 79.9. The van der Waals surface area contributed by atoms with Crippen LogP contribution in [0.25, 0.3) is 0 Å². The number of hydrogen-bond donors (Lipinski definition) is 1. The minimum Gasteiger partial charge on any atom is -0.618 e. The van der Waals surface area contributed by atoms with Gasteiger partial charge in [-0.25, -0.2) is 4.79 Å². The number of amides is 3. The van der Waals surface area contributed by atoms with Crippen molar-refractivity contribution in [3.63, 3.8) is 0 Å². The first-order valence-corrected chi connectivity index (χ1v) is 13.9. The van der Waals surface area contributed by atoms with Gasteiger partial charge in [-0.15, -0.1) is 0 Å². The quantitative estimate of drug-likeness (QED) is 0.338. The molecule has 0 spiro atoms. The Morgan fingerprint density at radius 2 is 1.73 bits per heavy atom. The third kappa shape index (κ3) is 5.47. The van der Waals surface area contributed by atoms with E-state index < -0.39 is 6.03 Å². The molecule has 1 aromatic heterocycles. The van der Waals surface area contributed by atoms with Crippen molar-refractivity contribution in [3.05, 3.63) is 61.5 Å². The number of rotatable bonds is 3. The number of aromatic nitrogens is 1. The first-order chi connectivity index (χ1) is 17.7. The number of nitrogens with two attached hydrogens (primary N) is 1. The smallest absolute Gasteiger partial charge is 0.314 e. The SMILES string of the molecule is [B]c1cc(Cl)cc2c1C(N1CCN(C(=O)CC3CCN(C(N)=O)CC3)CC1)c1c(cc(Br)c[n+]1[O-])CC2. The van der Waals surface area contributed by atoms with E-state index in [9.17, 15) is 14.8 Å². The number of fused-ring (bicyclic) bond motifs is 2. The Morgan fingerprint density at radius 3 is 2.41 bits per heavy atom. The molecule has 2 N–H and O–H groups in total. The Labute approximate surface area is 231 Å². The van der Waals surface area contributed by atoms with Gasteiger partial charge in [0.25, 0.3) is 0 Å². The standard InChI is InChI=1S/C26H30BBrClN5O3/c27-21-14-20(29)13-17-1-2-18-12-19(28)15-34(37)24(18)25(23(17)21)32-9-7-31(8-10-32)22(35)11-16-3-5-33(6-4-16)26(30)36/h12-16,25H,1-11H2,(H2,30,36). The van der Waals surface area contributed by atoms with Crippen LogP contribution in [0.15, 0.2) is 28.9 Å². The summed E-state index contributed by atoms with van der Waals surface area (Å²) in [7, 11) is 6.53. The second kappa shape index (κ2) is 10.8. The molecule has 2 saturated heterocycles. The number of urea groups is 1. The monoisotopic (exact) mass is 585 g/mol. The lowest BCUT2D eigenvalue weighted by atomic mass is 9.82. The average Bonchev–Trinajstić information content (AvgIpc) is 3.02. The predicted octanol–water partition coefficient (Wildman–Crippen LogP) is 2.04. The molecule has 0 bridgehead atoms. The first-order valence-electron chi connectivity index (χ1n) is 12.8. The van der Waals surface area contributed by atoms with E-state index in [1.54, 1.807) is 17.2 Å². The Bertz CT molecular complexity index is 1160. The summed E-state index contributed by atoms with van der Waals surface area (Å²) in [5, 5.41) is 13.8. The van der Waals surface area contributed by atoms with Crippen LogP contribution in [0.4, 0.5) is 4.79 Å². The third-order valence-electron chi connectivity index (χ3n) is 8.00. The second-order valence-electron chi connectivity index (χ2n) is 10.3. The molecule has 2 aromatic rings. The number of carbonyl (C=O) groups excluding carboxylic acids is 2. The fourth-order valence-corrected chi connectivity index (χ4v) is 6.77. The first kappa shape index (κ1) is 26.3. The van der Waals surface area contributed by atoms with E-state index >= 15 is 0 Å². The molecule has 3 heterocycles. The van der Waals surface area contributed by atoms with Gasteiger partial charge in [0.15, 0.2) is 6.20 Å². The topological polar surface area (TPSA) is 96.8 Å². The van der Waals surface area contributed by atoms with Crippen LogP contribution >= 0.6 is 27.5 Å². The summed E-state index contributed by atoms with van der Waals surface area (Å²) >= 11 is 9.82. The summed E-state index contributed by atoms with van der Waals surface area (Å²) in [6.07, 6.45) is 5.09. The van der Waals surface area contributed by atoms with E-state index in [0.717, 1.165) is 45.2 Å². The molecule has 2 radical (unpaired) electrons. The number of nitrogens with zero attached hydrogens (tertiary/aromatic N) is 4. The summed E-state index contributed by atoms with van der Waals surface area (Å²) in [6.45, 7) is 3.66. The van der Waals surface area contributed by atoms with Crippen LogP contribution in [-0.4, -0.2) is 73.8 Å². The number of benzene rings is 1. The Balaban J connectivity index is 1.34. The van der Waals surface area contributed by atoms with Crippen molar-refractivity contribution in [1.82, 2.24) is 14.7 Å². The van der Waals surface area contributed by atoms with E-state index in [4.69, 9.17) is 25.2 Å². The van der Waals surface area contributed by atoms with Crippen molar-refractivity contribution in [3.8, 4) is 0 Å². The molecule has 2 aliphatic heterocycles. The molecular weight excluding hydrogens is 556 g/mol. The molecule has 1 aromatic carbocycles. The van der Waals surface area contributed by atoms with Crippen molar-refractivity contribution >= 4 is 52.8 Å². The zero-order chi connectivity index (χ0) is 26.3. The van der Waals surface area contributed by atoms with E-state index in [2.05, 4.69) is 20.8 Å². The lowest BCUT2D eigenvalue weighted by Crippen LogP contribution is -2.52. The Hall–Kier alpha value is -2.30. The average molecular weight is 587 g/mol. The van der Waals surface area contributed by atoms with Crippen LogP contribution in [-0.2, 0) is 17.6 Å². The lowest BCUT2D eigenvalue weighted by Gasteiger charge is -2.40. The van der Waals surface area contributed by atoms with Crippen molar-refractivity contribution < 1.29 is 14.3 Å². The van der Waals surface area contributed by atoms with Crippen molar-refractivity contribution in [2.45, 2.75) is 38.1 Å². The normalized spacial score (nSPS) is 20.8. The van der Waals surface area contributed by atoms with E-state index in [-0.39, 0.29) is 17.9 Å². The molecule has 8 nitrogen and oxygen atoms in total. The molecule has 2 fully saturated rings. The van der Waals surface area contributed by atoms with E-state index in [1.165, 1.54) is 0 Å². The molecule has 1 aliphatic carbocycles. The van der Waals surface area contributed by atoms with Gasteiger partial charge in [-0.3, -0.25) is 9.69 Å². The largest absolute Gasteiger partial charge is 0.618 e. The van der Waals surface area contributed by atoms with Gasteiger partial charge in [0.1, 0.15) is 13.9 Å². The highest BCUT2D eigenvalue weighted by Gasteiger charge is 2.38. The zero-order valence-corrected chi connectivity index (χ0v) is 23.0. The summed E-state index contributed by atoms with van der Waals surface area (Å²) in [4.78, 5) is 30.3. The van der Waals surface area contributed by atoms with Crippen molar-refractivity contribution in [1.29, 1.82) is 0 Å². The van der Waals surface area contributed by atoms with Gasteiger partial charge in [0.2, 0.25) is 11.6 Å². The number of halogens is 2. The maximum Gasteiger partial charge on any atom is 0.314 e. The molecule has 194 valence electrons. The lowest BCUT2D eigenvalue weighted by molar-refractivity contribution is -0.617. The zero-order valence-electron chi connectivity index (χ0n) is 20.7. The molecule has 0 saturated carbocycles. The summed E-state index contributed by atoms with van der Waals surface area (Å²) < 4.78 is 1.71. The highest BCUT2D eigenvalue weighted by molar-refractivity contribution is 9.10. The number of likely N-dealkylation sites (tertiary alicyclic amines) is 1. The molecule has 11 heteroatoms. The van der Waals surface area contributed by atoms with Crippen molar-refractivity contribution in [2.24, 2.45) is 11.7 Å². The van der Waals surface area contributed by atoms with Crippen LogP contribution < -0.4 is 15.9 Å². The van der Waals surface area contributed by atoms with Crippen LogP contribution in [0, 0.1) is 11.1 Å². The second-order valence-corrected chi connectivity index (χ2v) is 11.6. The molecule has 1 unspecified atom stereocenters. The Morgan fingerprint density at radius 1 is 1.05 bits per heavy atom. The minimum absolute atomic E-state index is 0.146. The molecule has 1 atom stereocenters. The fourth-order valence-electron chi connectivity index (χ4n) is 6.06. The Kier molecular flexibility index (Phi) is 7.70. The van der Waals surface area contributed by atoms with Gasteiger partial charge >= 0.3 is 6.03 Å². The van der Waals surface area contributed by atoms with Crippen LogP contribution in [0.1, 0.15) is 47.7 Å². The molecule has 3 aliphatic rings. The van der Waals surface area contributed by atoms with Crippen molar-refractivity contribution in [2.75, 3.05) is 39.3 Å². The molecule has 5 rings (SSSR count). The fraction of sp³-hybridized carbons (Fsp3) is 0.500. The highest BCUT2D eigenvalue weighted by Crippen LogP contribution is 2.36. The minimum atomic E-state index is -0.391. The summed E-state index contributed by atoms with van der Waals surface area (Å²) in [6, 6.07) is 5.03. The van der Waals surface area contributed by atoms with Gasteiger partial charge in [-0.1, -0.05) is 23.1 Å². The van der Waals surface area contributed by atoms with Gasteiger partial charge in [0, 0.05) is 56.3 Å². The third-order valence-corrected chi connectivity index (χ3v) is 8.65. The van der Waals surface area contributed by atoms with Gasteiger partial charge in [-0.05, 0) is 70.8 Å². The molecular formula is C26H30BBrClN5O3. The number of primary amides is 1. The van der Waals surface area contributed by atoms with E-state index in [1.807, 2.05) is 17.0 Å². The number of carbonyl (C=O) groups is 2. The van der Waals surface area contributed by atoms with Gasteiger partial charge in [-0.2, -0.15) is 4.73 Å². The van der Waals surface area contributed by atoms with Crippen LogP contribution in [0.2, 0.25) is 5.02 Å². The number of hydrogen-bond acceptors (Lipinski definition) is 4. The van der Waals surface area contributed by atoms with Crippen LogP contribution in [0.3, 0.4) is 0 Å². The van der Waals surface area contributed by atoms with Gasteiger partial charge in [0.05, 0.1) is 4.47 Å². The number of pyridine rings is 1. The van der Waals surface area contributed by atoms with Gasteiger partial charge < -0.3 is 20.7 Å². The number of piperazine rings is 1. The number of piperidine rings is 1. The summed E-state index contributed by atoms with van der Waals surface area (Å²) in [5.74, 6) is 0.414. The molecule has 37 heavy (non-hydrogen) atoms. The van der Waals surface area contributed by atoms with E-state index in [0.29, 0.717) is 68.3 Å². The maximum absolute atomic E-state index is 13.2. The summed E-state index contributed by atoms with van der Waals surface area (Å²) in [5.41, 5.74) is 9.64. The number of aryl methyl sites for hydroxylation is 2. The predicted molar refractivity (Wildman–Crippen MR) is 146 cm³/mol. The maximum atomic E-state index is 13.2.